The van der Waals surface area contributed by atoms with Crippen molar-refractivity contribution in [3.05, 3.63) is 59.7 Å². The summed E-state index contributed by atoms with van der Waals surface area (Å²) in [6.45, 7) is 2.09. The molecule has 5 rings (SSSR count). The maximum atomic E-state index is 13.6. The fraction of sp³-hybridized carbons (Fsp3) is 0.400. The lowest BCUT2D eigenvalue weighted by Crippen LogP contribution is -2.48. The molecule has 1 amide bonds. The molecular weight excluding hydrogens is 358 g/mol. The van der Waals surface area contributed by atoms with Gasteiger partial charge in [-0.3, -0.25) is 4.79 Å². The van der Waals surface area contributed by atoms with Gasteiger partial charge in [0, 0.05) is 36.1 Å². The smallest absolute Gasteiger partial charge is 0.254 e. The summed E-state index contributed by atoms with van der Waals surface area (Å²) in [5, 5.41) is 4.43. The Labute approximate surface area is 172 Å². The number of rotatable bonds is 3. The second-order valence-electron chi connectivity index (χ2n) is 8.86. The van der Waals surface area contributed by atoms with Crippen molar-refractivity contribution in [2.45, 2.75) is 50.7 Å². The van der Waals surface area contributed by atoms with Crippen LogP contribution in [0.1, 0.15) is 41.6 Å². The molecule has 1 N–H and O–H groups in total. The number of benzene rings is 2. The summed E-state index contributed by atoms with van der Waals surface area (Å²) in [5.74, 6) is 0.0614. The van der Waals surface area contributed by atoms with Gasteiger partial charge in [0.05, 0.1) is 11.3 Å². The first kappa shape index (κ1) is 18.4. The van der Waals surface area contributed by atoms with E-state index in [0.29, 0.717) is 12.1 Å². The van der Waals surface area contributed by atoms with Crippen LogP contribution in [0, 0.1) is 6.92 Å². The van der Waals surface area contributed by atoms with Gasteiger partial charge >= 0.3 is 0 Å². The molecule has 2 aromatic carbocycles. The number of nitrogens with one attached hydrogen (secondary N) is 1. The summed E-state index contributed by atoms with van der Waals surface area (Å²) in [7, 11) is 4.30. The maximum absolute atomic E-state index is 13.6. The number of aryl methyl sites for hydroxylation is 2. The summed E-state index contributed by atoms with van der Waals surface area (Å²) in [6.07, 6.45) is 4.64. The molecule has 0 spiro atoms. The number of para-hydroxylation sites is 1. The van der Waals surface area contributed by atoms with Crippen LogP contribution in [0.25, 0.3) is 22.2 Å². The van der Waals surface area contributed by atoms with Gasteiger partial charge in [0.2, 0.25) is 0 Å². The fourth-order valence-electron chi connectivity index (χ4n) is 5.46. The largest absolute Gasteiger partial charge is 0.349 e. The molecule has 2 saturated heterocycles. The normalized spacial score (nSPS) is 24.2. The summed E-state index contributed by atoms with van der Waals surface area (Å²) in [4.78, 5) is 16.1. The number of amides is 1. The average Bonchev–Trinajstić information content (AvgIpc) is 3.11. The Hall–Kier alpha value is -2.59. The van der Waals surface area contributed by atoms with Crippen molar-refractivity contribution in [1.82, 2.24) is 14.8 Å². The fourth-order valence-corrected chi connectivity index (χ4v) is 5.46. The zero-order chi connectivity index (χ0) is 20.1. The van der Waals surface area contributed by atoms with Crippen LogP contribution in [0.4, 0.5) is 0 Å². The third-order valence-corrected chi connectivity index (χ3v) is 7.09. The summed E-state index contributed by atoms with van der Waals surface area (Å²) >= 11 is 0. The molecule has 2 aliphatic rings. The Kier molecular flexibility index (Phi) is 4.47. The Morgan fingerprint density at radius 2 is 1.62 bits per heavy atom. The van der Waals surface area contributed by atoms with E-state index in [1.54, 1.807) is 0 Å². The highest BCUT2D eigenvalue weighted by Gasteiger charge is 2.39. The van der Waals surface area contributed by atoms with E-state index in [-0.39, 0.29) is 11.9 Å². The van der Waals surface area contributed by atoms with E-state index in [1.165, 1.54) is 18.4 Å². The molecule has 1 unspecified atom stereocenters. The van der Waals surface area contributed by atoms with Crippen LogP contribution >= 0.6 is 0 Å². The highest BCUT2D eigenvalue weighted by Crippen LogP contribution is 2.36. The van der Waals surface area contributed by atoms with Crippen molar-refractivity contribution < 1.29 is 4.79 Å². The highest BCUT2D eigenvalue weighted by atomic mass is 16.1. The van der Waals surface area contributed by atoms with Crippen LogP contribution < -0.4 is 5.32 Å². The molecule has 29 heavy (non-hydrogen) atoms. The van der Waals surface area contributed by atoms with Gasteiger partial charge in [0.25, 0.3) is 5.91 Å². The van der Waals surface area contributed by atoms with Crippen molar-refractivity contribution in [3.8, 4) is 11.3 Å². The minimum atomic E-state index is 0.0614. The van der Waals surface area contributed by atoms with Gasteiger partial charge in [-0.1, -0.05) is 48.0 Å². The molecule has 2 aliphatic heterocycles. The molecule has 2 bridgehead atoms. The minimum Gasteiger partial charge on any atom is -0.349 e. The van der Waals surface area contributed by atoms with Crippen LogP contribution in [0.15, 0.2) is 48.5 Å². The van der Waals surface area contributed by atoms with E-state index in [1.807, 2.05) is 12.1 Å². The van der Waals surface area contributed by atoms with Crippen LogP contribution in [-0.2, 0) is 7.05 Å². The molecule has 4 heteroatoms. The molecule has 150 valence electrons. The van der Waals surface area contributed by atoms with E-state index in [0.717, 1.165) is 40.6 Å². The Bertz CT molecular complexity index is 1050. The van der Waals surface area contributed by atoms with Crippen molar-refractivity contribution in [1.29, 1.82) is 0 Å². The lowest BCUT2D eigenvalue weighted by molar-refractivity contribution is 0.0884. The van der Waals surface area contributed by atoms with Crippen molar-refractivity contribution in [3.63, 3.8) is 0 Å². The van der Waals surface area contributed by atoms with E-state index in [9.17, 15) is 4.79 Å². The number of fused-ring (bicyclic) bond motifs is 3. The van der Waals surface area contributed by atoms with Gasteiger partial charge < -0.3 is 14.8 Å². The Morgan fingerprint density at radius 1 is 0.966 bits per heavy atom. The Morgan fingerprint density at radius 3 is 2.31 bits per heavy atom. The number of hydrogen-bond acceptors (Lipinski definition) is 2. The second kappa shape index (κ2) is 7.03. The van der Waals surface area contributed by atoms with Gasteiger partial charge in [-0.15, -0.1) is 0 Å². The topological polar surface area (TPSA) is 37.3 Å². The first-order chi connectivity index (χ1) is 14.0. The predicted octanol–water partition coefficient (Wildman–Crippen LogP) is 4.51. The Balaban J connectivity index is 1.54. The van der Waals surface area contributed by atoms with Gasteiger partial charge in [-0.05, 0) is 51.3 Å². The lowest BCUT2D eigenvalue weighted by atomic mass is 9.97. The molecule has 4 nitrogen and oxygen atoms in total. The van der Waals surface area contributed by atoms with E-state index in [4.69, 9.17) is 0 Å². The number of carbonyl (C=O) groups excluding carboxylic acids is 1. The van der Waals surface area contributed by atoms with Crippen LogP contribution in [-0.4, -0.2) is 40.5 Å². The van der Waals surface area contributed by atoms with Crippen molar-refractivity contribution >= 4 is 16.8 Å². The molecule has 3 atom stereocenters. The zero-order valence-electron chi connectivity index (χ0n) is 17.5. The number of piperidine rings is 1. The van der Waals surface area contributed by atoms with Gasteiger partial charge in [0.15, 0.2) is 0 Å². The van der Waals surface area contributed by atoms with Gasteiger partial charge in [-0.2, -0.15) is 0 Å². The van der Waals surface area contributed by atoms with Gasteiger partial charge in [0.1, 0.15) is 0 Å². The zero-order valence-corrected chi connectivity index (χ0v) is 17.5. The molecular formula is C25H29N3O. The third kappa shape index (κ3) is 3.06. The maximum Gasteiger partial charge on any atom is 0.254 e. The summed E-state index contributed by atoms with van der Waals surface area (Å²) in [5.41, 5.74) is 5.21. The molecule has 3 heterocycles. The summed E-state index contributed by atoms with van der Waals surface area (Å²) in [6, 6.07) is 18.2. The third-order valence-electron chi connectivity index (χ3n) is 7.09. The quantitative estimate of drug-likeness (QED) is 0.718. The number of hydrogen-bond donors (Lipinski definition) is 1. The first-order valence-electron chi connectivity index (χ1n) is 10.7. The molecule has 3 aromatic rings. The number of aromatic nitrogens is 1. The van der Waals surface area contributed by atoms with E-state index < -0.39 is 0 Å². The van der Waals surface area contributed by atoms with E-state index in [2.05, 4.69) is 72.2 Å². The number of nitrogens with zero attached hydrogens (tertiary/aromatic N) is 2. The molecule has 0 aliphatic carbocycles. The standard InChI is InChI=1S/C25H29N3O/c1-16-8-10-17(11-9-16)24-23(21-6-4-5-7-22(21)28(24)3)25(29)26-18-14-19-12-13-20(15-18)27(19)2/h4-11,18-20H,12-15H2,1-3H3,(H,26,29)/t18?,19-,20+. The van der Waals surface area contributed by atoms with Crippen molar-refractivity contribution in [2.75, 3.05) is 7.05 Å². The monoisotopic (exact) mass is 387 g/mol. The summed E-state index contributed by atoms with van der Waals surface area (Å²) < 4.78 is 2.16. The highest BCUT2D eigenvalue weighted by molar-refractivity contribution is 6.12. The van der Waals surface area contributed by atoms with Crippen LogP contribution in [0.3, 0.4) is 0 Å². The molecule has 0 radical (unpaired) electrons. The minimum absolute atomic E-state index is 0.0614. The van der Waals surface area contributed by atoms with E-state index >= 15 is 0 Å². The number of carbonyl (C=O) groups is 1. The second-order valence-corrected chi connectivity index (χ2v) is 8.86. The molecule has 2 fully saturated rings. The molecule has 0 saturated carbocycles. The van der Waals surface area contributed by atoms with Gasteiger partial charge in [-0.25, -0.2) is 0 Å². The SMILES string of the molecule is Cc1ccc(-c2c(C(=O)NC3C[C@H]4CC[C@@H](C3)N4C)c3ccccc3n2C)cc1. The molecule has 1 aromatic heterocycles. The predicted molar refractivity (Wildman–Crippen MR) is 118 cm³/mol. The average molecular weight is 388 g/mol. The van der Waals surface area contributed by atoms with Crippen LogP contribution in [0.5, 0.6) is 0 Å². The van der Waals surface area contributed by atoms with Crippen LogP contribution in [0.2, 0.25) is 0 Å². The van der Waals surface area contributed by atoms with Crippen molar-refractivity contribution in [2.24, 2.45) is 7.05 Å². The first-order valence-corrected chi connectivity index (χ1v) is 10.7. The lowest BCUT2D eigenvalue weighted by Gasteiger charge is -2.36.